The number of carbonyl (C=O) groups is 1. The van der Waals surface area contributed by atoms with E-state index in [2.05, 4.69) is 22.2 Å². The minimum absolute atomic E-state index is 0.146. The Hall–Kier alpha value is -2.92. The van der Waals surface area contributed by atoms with Gasteiger partial charge in [0.15, 0.2) is 17.4 Å². The lowest BCUT2D eigenvalue weighted by Crippen LogP contribution is -2.37. The van der Waals surface area contributed by atoms with Crippen LogP contribution in [0, 0.1) is 5.82 Å². The van der Waals surface area contributed by atoms with Gasteiger partial charge in [-0.2, -0.15) is 5.10 Å². The van der Waals surface area contributed by atoms with Crippen molar-refractivity contribution < 1.29 is 18.7 Å². The van der Waals surface area contributed by atoms with Crippen molar-refractivity contribution >= 4 is 34.5 Å². The lowest BCUT2D eigenvalue weighted by atomic mass is 10.3. The standard InChI is InChI=1S/C22H27FN6O3S/c1-2-13-33-22-26-20(28-9-11-31-12-10-28)18-14-25-29(21(18)27-22)8-7-24-19(30)15-32-17-5-3-16(23)4-6-17/h3-6,14H,2,7-13,15H2,1H3,(H,24,30). The molecule has 0 unspecified atom stereocenters. The van der Waals surface area contributed by atoms with Crippen LogP contribution in [0.1, 0.15) is 13.3 Å². The summed E-state index contributed by atoms with van der Waals surface area (Å²) in [6.45, 7) is 5.71. The molecule has 33 heavy (non-hydrogen) atoms. The number of amides is 1. The van der Waals surface area contributed by atoms with E-state index < -0.39 is 0 Å². The zero-order valence-electron chi connectivity index (χ0n) is 18.5. The first-order chi connectivity index (χ1) is 16.1. The Bertz CT molecular complexity index is 1070. The smallest absolute Gasteiger partial charge is 0.258 e. The van der Waals surface area contributed by atoms with Gasteiger partial charge < -0.3 is 19.7 Å². The number of hydrogen-bond acceptors (Lipinski definition) is 8. The van der Waals surface area contributed by atoms with Gasteiger partial charge in [-0.05, 0) is 30.7 Å². The van der Waals surface area contributed by atoms with Crippen molar-refractivity contribution in [3.63, 3.8) is 0 Å². The molecule has 1 amide bonds. The van der Waals surface area contributed by atoms with Gasteiger partial charge in [0.2, 0.25) is 0 Å². The van der Waals surface area contributed by atoms with Gasteiger partial charge in [0, 0.05) is 25.4 Å². The van der Waals surface area contributed by atoms with Gasteiger partial charge in [-0.1, -0.05) is 18.7 Å². The minimum atomic E-state index is -0.352. The number of thioether (sulfide) groups is 1. The molecule has 0 radical (unpaired) electrons. The molecule has 1 aromatic carbocycles. The van der Waals surface area contributed by atoms with Crippen LogP contribution in [0.25, 0.3) is 11.0 Å². The minimum Gasteiger partial charge on any atom is -0.484 e. The Morgan fingerprint density at radius 3 is 2.79 bits per heavy atom. The molecular weight excluding hydrogens is 447 g/mol. The highest BCUT2D eigenvalue weighted by Gasteiger charge is 2.20. The van der Waals surface area contributed by atoms with Crippen molar-refractivity contribution in [2.75, 3.05) is 50.1 Å². The Labute approximate surface area is 195 Å². The van der Waals surface area contributed by atoms with Gasteiger partial charge in [-0.15, -0.1) is 0 Å². The van der Waals surface area contributed by atoms with Crippen molar-refractivity contribution in [1.29, 1.82) is 0 Å². The molecule has 3 heterocycles. The summed E-state index contributed by atoms with van der Waals surface area (Å²) in [6, 6.07) is 5.54. The fourth-order valence-corrected chi connectivity index (χ4v) is 4.08. The van der Waals surface area contributed by atoms with E-state index in [-0.39, 0.29) is 18.3 Å². The third-order valence-corrected chi connectivity index (χ3v) is 6.08. The fraction of sp³-hybridized carbons (Fsp3) is 0.455. The second kappa shape index (κ2) is 11.3. The van der Waals surface area contributed by atoms with Crippen LogP contribution in [-0.4, -0.2) is 70.9 Å². The third kappa shape index (κ3) is 6.11. The number of carbonyl (C=O) groups excluding carboxylic acids is 1. The molecule has 0 atom stereocenters. The second-order valence-electron chi connectivity index (χ2n) is 7.48. The summed E-state index contributed by atoms with van der Waals surface area (Å²) in [5.41, 5.74) is 0.752. The van der Waals surface area contributed by atoms with Gasteiger partial charge >= 0.3 is 0 Å². The predicted octanol–water partition coefficient (Wildman–Crippen LogP) is 2.50. The average Bonchev–Trinajstić information content (AvgIpc) is 3.25. The van der Waals surface area contributed by atoms with E-state index in [9.17, 15) is 9.18 Å². The van der Waals surface area contributed by atoms with Gasteiger partial charge in [-0.3, -0.25) is 4.79 Å². The monoisotopic (exact) mass is 474 g/mol. The SMILES string of the molecule is CCCSc1nc(N2CCOCC2)c2cnn(CCNC(=O)COc3ccc(F)cc3)c2n1. The molecule has 1 aliphatic heterocycles. The normalized spacial score (nSPS) is 13.9. The van der Waals surface area contributed by atoms with Gasteiger partial charge in [0.25, 0.3) is 5.91 Å². The number of nitrogens with one attached hydrogen (secondary N) is 1. The van der Waals surface area contributed by atoms with Crippen LogP contribution in [0.2, 0.25) is 0 Å². The number of anilines is 1. The van der Waals surface area contributed by atoms with Crippen LogP contribution in [-0.2, 0) is 16.1 Å². The highest BCUT2D eigenvalue weighted by atomic mass is 32.2. The number of morpholine rings is 1. The third-order valence-electron chi connectivity index (χ3n) is 5.03. The molecule has 9 nitrogen and oxygen atoms in total. The second-order valence-corrected chi connectivity index (χ2v) is 8.54. The van der Waals surface area contributed by atoms with Crippen LogP contribution in [0.4, 0.5) is 10.2 Å². The molecule has 0 saturated carbocycles. The number of halogens is 1. The highest BCUT2D eigenvalue weighted by Crippen LogP contribution is 2.28. The van der Waals surface area contributed by atoms with Crippen LogP contribution in [0.3, 0.4) is 0 Å². The Balaban J connectivity index is 1.40. The maximum absolute atomic E-state index is 13.0. The van der Waals surface area contributed by atoms with E-state index in [0.29, 0.717) is 32.1 Å². The molecule has 0 aliphatic carbocycles. The van der Waals surface area contributed by atoms with Crippen LogP contribution < -0.4 is 15.0 Å². The number of ether oxygens (including phenoxy) is 2. The average molecular weight is 475 g/mol. The van der Waals surface area contributed by atoms with E-state index in [1.807, 2.05) is 0 Å². The van der Waals surface area contributed by atoms with Crippen molar-refractivity contribution in [3.05, 3.63) is 36.3 Å². The molecule has 1 fully saturated rings. The van der Waals surface area contributed by atoms with Gasteiger partial charge in [0.1, 0.15) is 17.4 Å². The first-order valence-electron chi connectivity index (χ1n) is 11.0. The molecule has 4 rings (SSSR count). The summed E-state index contributed by atoms with van der Waals surface area (Å²) in [5.74, 6) is 1.64. The highest BCUT2D eigenvalue weighted by molar-refractivity contribution is 7.99. The van der Waals surface area contributed by atoms with Crippen molar-refractivity contribution in [2.24, 2.45) is 0 Å². The summed E-state index contributed by atoms with van der Waals surface area (Å²) in [7, 11) is 0. The van der Waals surface area contributed by atoms with E-state index in [0.717, 1.165) is 47.3 Å². The Kier molecular flexibility index (Phi) is 7.95. The zero-order chi connectivity index (χ0) is 23.0. The summed E-state index contributed by atoms with van der Waals surface area (Å²) in [4.78, 5) is 23.9. The topological polar surface area (TPSA) is 94.4 Å². The molecule has 0 bridgehead atoms. The first-order valence-corrected chi connectivity index (χ1v) is 12.0. The molecule has 1 aliphatic rings. The number of hydrogen-bond donors (Lipinski definition) is 1. The van der Waals surface area contributed by atoms with E-state index in [4.69, 9.17) is 19.4 Å². The summed E-state index contributed by atoms with van der Waals surface area (Å²) in [6.07, 6.45) is 2.82. The summed E-state index contributed by atoms with van der Waals surface area (Å²) < 4.78 is 25.6. The largest absolute Gasteiger partial charge is 0.484 e. The van der Waals surface area contributed by atoms with Crippen LogP contribution in [0.5, 0.6) is 5.75 Å². The fourth-order valence-electron chi connectivity index (χ4n) is 3.39. The molecule has 11 heteroatoms. The molecule has 0 spiro atoms. The number of benzene rings is 1. The summed E-state index contributed by atoms with van der Waals surface area (Å²) in [5, 5.41) is 8.94. The van der Waals surface area contributed by atoms with Crippen LogP contribution in [0.15, 0.2) is 35.6 Å². The van der Waals surface area contributed by atoms with E-state index in [1.165, 1.54) is 24.3 Å². The number of nitrogens with zero attached hydrogens (tertiary/aromatic N) is 5. The van der Waals surface area contributed by atoms with Crippen LogP contribution >= 0.6 is 11.8 Å². The molecule has 176 valence electrons. The van der Waals surface area contributed by atoms with E-state index >= 15 is 0 Å². The Morgan fingerprint density at radius 2 is 2.03 bits per heavy atom. The van der Waals surface area contributed by atoms with Crippen molar-refractivity contribution in [2.45, 2.75) is 25.0 Å². The molecule has 3 aromatic rings. The number of fused-ring (bicyclic) bond motifs is 1. The lowest BCUT2D eigenvalue weighted by molar-refractivity contribution is -0.123. The maximum Gasteiger partial charge on any atom is 0.258 e. The van der Waals surface area contributed by atoms with Crippen molar-refractivity contribution in [3.8, 4) is 5.75 Å². The number of aromatic nitrogens is 4. The van der Waals surface area contributed by atoms with Crippen molar-refractivity contribution in [1.82, 2.24) is 25.1 Å². The maximum atomic E-state index is 13.0. The number of rotatable bonds is 10. The zero-order valence-corrected chi connectivity index (χ0v) is 19.3. The molecular formula is C22H27FN6O3S. The molecule has 1 saturated heterocycles. The lowest BCUT2D eigenvalue weighted by Gasteiger charge is -2.28. The quantitative estimate of drug-likeness (QED) is 0.354. The molecule has 2 aromatic heterocycles. The van der Waals surface area contributed by atoms with Gasteiger partial charge in [-0.25, -0.2) is 19.0 Å². The molecule has 1 N–H and O–H groups in total. The van der Waals surface area contributed by atoms with E-state index in [1.54, 1.807) is 22.6 Å². The summed E-state index contributed by atoms with van der Waals surface area (Å²) >= 11 is 1.63. The first kappa shape index (κ1) is 23.2. The Morgan fingerprint density at radius 1 is 1.24 bits per heavy atom. The van der Waals surface area contributed by atoms with Gasteiger partial charge in [0.05, 0.1) is 31.3 Å². The predicted molar refractivity (Wildman–Crippen MR) is 124 cm³/mol.